The Morgan fingerprint density at radius 2 is 2.00 bits per heavy atom. The van der Waals surface area contributed by atoms with Gasteiger partial charge in [-0.05, 0) is 31.4 Å². The topological polar surface area (TPSA) is 101 Å². The van der Waals surface area contributed by atoms with Crippen molar-refractivity contribution in [2.75, 3.05) is 16.4 Å². The molecule has 0 spiro atoms. The quantitative estimate of drug-likeness (QED) is 0.598. The predicted octanol–water partition coefficient (Wildman–Crippen LogP) is 3.64. The van der Waals surface area contributed by atoms with Gasteiger partial charge in [0.2, 0.25) is 5.91 Å². The molecule has 0 aliphatic heterocycles. The highest BCUT2D eigenvalue weighted by Crippen LogP contribution is 2.32. The van der Waals surface area contributed by atoms with Gasteiger partial charge in [-0.25, -0.2) is 4.79 Å². The number of hydrogen-bond acceptors (Lipinski definition) is 5. The van der Waals surface area contributed by atoms with Crippen LogP contribution in [0.5, 0.6) is 0 Å². The number of H-pyrrole nitrogens is 1. The molecular formula is C21H27ClN4O3S. The summed E-state index contributed by atoms with van der Waals surface area (Å²) in [7, 11) is 0. The van der Waals surface area contributed by atoms with Gasteiger partial charge in [0.1, 0.15) is 5.82 Å². The van der Waals surface area contributed by atoms with Gasteiger partial charge < -0.3 is 10.6 Å². The molecule has 2 aromatic rings. The molecule has 1 aliphatic carbocycles. The molecule has 162 valence electrons. The highest BCUT2D eigenvalue weighted by molar-refractivity contribution is 8.00. The second-order valence-corrected chi connectivity index (χ2v) is 8.84. The first kappa shape index (κ1) is 22.5. The second kappa shape index (κ2) is 10.2. The standard InChI is InChI=1S/C21H27ClN4O3S/c1-2-3-12-25-19(23)18(20(28)24-21(25)29)26(14-8-4-5-9-14)17(27)13-30-16-11-7-6-10-15(16)22/h6-7,10-11,14H,2-5,8-9,12-13,23H2,1H3,(H,24,28,29). The lowest BCUT2D eigenvalue weighted by Crippen LogP contribution is -2.46. The third kappa shape index (κ3) is 4.92. The van der Waals surface area contributed by atoms with E-state index in [1.54, 1.807) is 6.07 Å². The van der Waals surface area contributed by atoms with Crippen LogP contribution in [-0.4, -0.2) is 27.3 Å². The average Bonchev–Trinajstić information content (AvgIpc) is 3.24. The normalized spacial score (nSPS) is 14.2. The number of rotatable bonds is 8. The lowest BCUT2D eigenvalue weighted by molar-refractivity contribution is -0.116. The Bertz CT molecular complexity index is 1010. The van der Waals surface area contributed by atoms with E-state index in [0.717, 1.165) is 43.4 Å². The van der Waals surface area contributed by atoms with Crippen LogP contribution >= 0.6 is 23.4 Å². The van der Waals surface area contributed by atoms with Crippen molar-refractivity contribution in [3.8, 4) is 0 Å². The first-order valence-corrected chi connectivity index (χ1v) is 11.6. The first-order chi connectivity index (χ1) is 14.4. The number of halogens is 1. The van der Waals surface area contributed by atoms with E-state index in [1.165, 1.54) is 21.2 Å². The van der Waals surface area contributed by atoms with Crippen LogP contribution < -0.4 is 21.9 Å². The monoisotopic (exact) mass is 450 g/mol. The fourth-order valence-electron chi connectivity index (χ4n) is 3.79. The molecule has 1 aromatic carbocycles. The van der Waals surface area contributed by atoms with Gasteiger partial charge in [0.15, 0.2) is 5.69 Å². The summed E-state index contributed by atoms with van der Waals surface area (Å²) in [4.78, 5) is 43.0. The van der Waals surface area contributed by atoms with Crippen LogP contribution in [0.2, 0.25) is 5.02 Å². The van der Waals surface area contributed by atoms with Gasteiger partial charge in [-0.15, -0.1) is 11.8 Å². The Morgan fingerprint density at radius 3 is 2.67 bits per heavy atom. The number of anilines is 2. The predicted molar refractivity (Wildman–Crippen MR) is 123 cm³/mol. The number of aromatic nitrogens is 2. The van der Waals surface area contributed by atoms with Crippen molar-refractivity contribution in [3.05, 3.63) is 50.1 Å². The number of thioether (sulfide) groups is 1. The van der Waals surface area contributed by atoms with E-state index in [2.05, 4.69) is 4.98 Å². The molecule has 0 atom stereocenters. The Labute approximate surface area is 184 Å². The number of benzene rings is 1. The Hall–Kier alpha value is -2.19. The van der Waals surface area contributed by atoms with Crippen molar-refractivity contribution >= 4 is 40.8 Å². The minimum absolute atomic E-state index is 0.0557. The third-order valence-electron chi connectivity index (χ3n) is 5.34. The number of aromatic amines is 1. The molecule has 3 N–H and O–H groups in total. The molecule has 1 heterocycles. The van der Waals surface area contributed by atoms with Gasteiger partial charge in [0.05, 0.1) is 10.8 Å². The molecule has 3 rings (SSSR count). The zero-order chi connectivity index (χ0) is 21.7. The number of carbonyl (C=O) groups excluding carboxylic acids is 1. The maximum Gasteiger partial charge on any atom is 0.330 e. The molecule has 0 unspecified atom stereocenters. The van der Waals surface area contributed by atoms with Crippen LogP contribution in [0.1, 0.15) is 45.4 Å². The fraction of sp³-hybridized carbons (Fsp3) is 0.476. The lowest BCUT2D eigenvalue weighted by atomic mass is 10.2. The molecule has 1 amide bonds. The number of nitrogens with one attached hydrogen (secondary N) is 1. The Morgan fingerprint density at radius 1 is 1.30 bits per heavy atom. The van der Waals surface area contributed by atoms with E-state index in [4.69, 9.17) is 17.3 Å². The fourth-order valence-corrected chi connectivity index (χ4v) is 4.89. The van der Waals surface area contributed by atoms with E-state index in [9.17, 15) is 14.4 Å². The maximum absolute atomic E-state index is 13.3. The molecule has 1 aliphatic rings. The molecule has 1 aromatic heterocycles. The van der Waals surface area contributed by atoms with E-state index in [0.29, 0.717) is 11.6 Å². The molecule has 0 radical (unpaired) electrons. The van der Waals surface area contributed by atoms with E-state index >= 15 is 0 Å². The van der Waals surface area contributed by atoms with Crippen molar-refractivity contribution in [1.29, 1.82) is 0 Å². The van der Waals surface area contributed by atoms with Crippen molar-refractivity contribution in [1.82, 2.24) is 9.55 Å². The summed E-state index contributed by atoms with van der Waals surface area (Å²) < 4.78 is 1.36. The smallest absolute Gasteiger partial charge is 0.330 e. The molecule has 0 saturated heterocycles. The minimum Gasteiger partial charge on any atom is -0.383 e. The summed E-state index contributed by atoms with van der Waals surface area (Å²) in [6, 6.07) is 7.21. The molecule has 0 bridgehead atoms. The Balaban J connectivity index is 1.96. The van der Waals surface area contributed by atoms with Crippen LogP contribution in [0.4, 0.5) is 11.5 Å². The summed E-state index contributed by atoms with van der Waals surface area (Å²) in [5.74, 6) is -0.0439. The summed E-state index contributed by atoms with van der Waals surface area (Å²) in [6.45, 7) is 2.40. The summed E-state index contributed by atoms with van der Waals surface area (Å²) in [5.41, 5.74) is 5.21. The maximum atomic E-state index is 13.3. The summed E-state index contributed by atoms with van der Waals surface area (Å²) in [5, 5.41) is 0.577. The van der Waals surface area contributed by atoms with E-state index in [1.807, 2.05) is 25.1 Å². The summed E-state index contributed by atoms with van der Waals surface area (Å²) >= 11 is 7.53. The number of hydrogen-bond donors (Lipinski definition) is 2. The van der Waals surface area contributed by atoms with Gasteiger partial charge >= 0.3 is 5.69 Å². The zero-order valence-corrected chi connectivity index (χ0v) is 18.6. The number of nitrogens with zero attached hydrogens (tertiary/aromatic N) is 2. The van der Waals surface area contributed by atoms with Crippen molar-refractivity contribution in [3.63, 3.8) is 0 Å². The Kier molecular flexibility index (Phi) is 7.66. The van der Waals surface area contributed by atoms with Crippen LogP contribution in [0.15, 0.2) is 38.8 Å². The minimum atomic E-state index is -0.617. The van der Waals surface area contributed by atoms with E-state index in [-0.39, 0.29) is 29.2 Å². The van der Waals surface area contributed by atoms with Gasteiger partial charge in [0, 0.05) is 17.5 Å². The average molecular weight is 451 g/mol. The van der Waals surface area contributed by atoms with E-state index < -0.39 is 11.2 Å². The molecular weight excluding hydrogens is 424 g/mol. The van der Waals surface area contributed by atoms with Crippen molar-refractivity contribution in [2.45, 2.75) is 62.9 Å². The SMILES string of the molecule is CCCCn1c(N)c(N(C(=O)CSc2ccccc2Cl)C2CCCC2)c(=O)[nH]c1=O. The largest absolute Gasteiger partial charge is 0.383 e. The van der Waals surface area contributed by atoms with Crippen molar-refractivity contribution in [2.24, 2.45) is 0 Å². The van der Waals surface area contributed by atoms with Gasteiger partial charge in [-0.3, -0.25) is 19.1 Å². The van der Waals surface area contributed by atoms with Gasteiger partial charge in [-0.1, -0.05) is 49.9 Å². The number of unbranched alkanes of at least 4 members (excludes halogenated alkanes) is 1. The number of amides is 1. The van der Waals surface area contributed by atoms with Gasteiger partial charge in [-0.2, -0.15) is 0 Å². The molecule has 1 saturated carbocycles. The number of carbonyl (C=O) groups is 1. The molecule has 1 fully saturated rings. The van der Waals surface area contributed by atoms with Gasteiger partial charge in [0.25, 0.3) is 5.56 Å². The molecule has 7 nitrogen and oxygen atoms in total. The third-order valence-corrected chi connectivity index (χ3v) is 6.84. The molecule has 30 heavy (non-hydrogen) atoms. The first-order valence-electron chi connectivity index (χ1n) is 10.3. The van der Waals surface area contributed by atoms with Crippen LogP contribution in [0.25, 0.3) is 0 Å². The zero-order valence-electron chi connectivity index (χ0n) is 17.0. The lowest BCUT2D eigenvalue weighted by Gasteiger charge is -2.30. The molecule has 9 heteroatoms. The highest BCUT2D eigenvalue weighted by atomic mass is 35.5. The van der Waals surface area contributed by atoms with Crippen molar-refractivity contribution < 1.29 is 4.79 Å². The summed E-state index contributed by atoms with van der Waals surface area (Å²) in [6.07, 6.45) is 5.19. The van der Waals surface area contributed by atoms with Crippen LogP contribution in [-0.2, 0) is 11.3 Å². The second-order valence-electron chi connectivity index (χ2n) is 7.42. The number of nitrogen functional groups attached to an aromatic ring is 1. The van der Waals surface area contributed by atoms with Crippen LogP contribution in [0, 0.1) is 0 Å². The highest BCUT2D eigenvalue weighted by Gasteiger charge is 2.32. The number of nitrogens with two attached hydrogens (primary N) is 1. The van der Waals surface area contributed by atoms with Crippen LogP contribution in [0.3, 0.4) is 0 Å².